The van der Waals surface area contributed by atoms with Crippen LogP contribution in [0.15, 0.2) is 42.9 Å². The Morgan fingerprint density at radius 1 is 1.38 bits per heavy atom. The highest BCUT2D eigenvalue weighted by Gasteiger charge is 2.31. The quantitative estimate of drug-likeness (QED) is 0.941. The number of benzene rings is 1. The van der Waals surface area contributed by atoms with Crippen LogP contribution in [0.25, 0.3) is 0 Å². The molecule has 21 heavy (non-hydrogen) atoms. The van der Waals surface area contributed by atoms with E-state index in [0.29, 0.717) is 17.5 Å². The summed E-state index contributed by atoms with van der Waals surface area (Å²) in [6.07, 6.45) is 5.28. The van der Waals surface area contributed by atoms with Crippen molar-refractivity contribution < 1.29 is 4.79 Å². The van der Waals surface area contributed by atoms with Gasteiger partial charge >= 0.3 is 0 Å². The van der Waals surface area contributed by atoms with Crippen molar-refractivity contribution in [2.75, 3.05) is 13.1 Å². The van der Waals surface area contributed by atoms with Crippen molar-refractivity contribution in [2.24, 2.45) is 5.92 Å². The lowest BCUT2D eigenvalue weighted by atomic mass is 9.79. The molecule has 0 radical (unpaired) electrons. The lowest BCUT2D eigenvalue weighted by molar-refractivity contribution is 0.0640. The number of carbonyl (C=O) groups excluding carboxylic acids is 1. The number of amides is 1. The van der Waals surface area contributed by atoms with Crippen LogP contribution in [-0.4, -0.2) is 33.9 Å². The third-order valence-electron chi connectivity index (χ3n) is 4.50. The number of aromatic nitrogens is 2. The highest BCUT2D eigenvalue weighted by atomic mass is 16.2. The van der Waals surface area contributed by atoms with E-state index >= 15 is 0 Å². The van der Waals surface area contributed by atoms with Crippen molar-refractivity contribution in [3.63, 3.8) is 0 Å². The van der Waals surface area contributed by atoms with Gasteiger partial charge in [0.1, 0.15) is 5.69 Å². The van der Waals surface area contributed by atoms with Gasteiger partial charge in [0.15, 0.2) is 0 Å². The molecule has 2 atom stereocenters. The average Bonchev–Trinajstić information content (AvgIpc) is 3.09. The normalized spacial score (nSPS) is 22.2. The van der Waals surface area contributed by atoms with Crippen molar-refractivity contribution in [1.29, 1.82) is 0 Å². The number of nitrogens with zero attached hydrogens (tertiary/aromatic N) is 2. The molecule has 110 valence electrons. The second kappa shape index (κ2) is 6.12. The van der Waals surface area contributed by atoms with E-state index in [4.69, 9.17) is 0 Å². The maximum atomic E-state index is 12.4. The van der Waals surface area contributed by atoms with Crippen LogP contribution in [0.4, 0.5) is 0 Å². The largest absolute Gasteiger partial charge is 0.341 e. The fourth-order valence-corrected chi connectivity index (χ4v) is 3.31. The molecular formula is C17H21N3O. The highest BCUT2D eigenvalue weighted by molar-refractivity contribution is 5.92. The van der Waals surface area contributed by atoms with Gasteiger partial charge in [-0.2, -0.15) is 0 Å². The first-order valence-corrected chi connectivity index (χ1v) is 7.62. The van der Waals surface area contributed by atoms with Crippen molar-refractivity contribution >= 4 is 5.91 Å². The summed E-state index contributed by atoms with van der Waals surface area (Å²) in [5, 5.41) is 0. The van der Waals surface area contributed by atoms with E-state index in [2.05, 4.69) is 47.2 Å². The van der Waals surface area contributed by atoms with Crippen LogP contribution in [0.2, 0.25) is 0 Å². The van der Waals surface area contributed by atoms with Gasteiger partial charge < -0.3 is 9.88 Å². The summed E-state index contributed by atoms with van der Waals surface area (Å²) in [6.45, 7) is 3.85. The Labute approximate surface area is 125 Å². The molecule has 0 aliphatic carbocycles. The minimum absolute atomic E-state index is 0.0671. The van der Waals surface area contributed by atoms with Gasteiger partial charge in [-0.1, -0.05) is 43.7 Å². The molecule has 0 spiro atoms. The molecule has 0 bridgehead atoms. The Morgan fingerprint density at radius 2 is 2.19 bits per heavy atom. The summed E-state index contributed by atoms with van der Waals surface area (Å²) in [5.74, 6) is 1.15. The Hall–Kier alpha value is -2.10. The average molecular weight is 283 g/mol. The number of carbonyl (C=O) groups is 1. The minimum Gasteiger partial charge on any atom is -0.341 e. The van der Waals surface area contributed by atoms with Gasteiger partial charge in [-0.25, -0.2) is 4.98 Å². The minimum atomic E-state index is 0.0671. The van der Waals surface area contributed by atoms with Gasteiger partial charge in [-0.3, -0.25) is 4.79 Å². The molecule has 3 rings (SSSR count). The van der Waals surface area contributed by atoms with Gasteiger partial charge in [0.25, 0.3) is 5.91 Å². The molecule has 1 fully saturated rings. The number of aromatic amines is 1. The van der Waals surface area contributed by atoms with E-state index in [9.17, 15) is 4.79 Å². The zero-order chi connectivity index (χ0) is 14.7. The SMILES string of the molecule is CCC1CN(C(=O)c2cnc[nH]2)CCC1c1ccccc1. The monoisotopic (exact) mass is 283 g/mol. The van der Waals surface area contributed by atoms with E-state index in [-0.39, 0.29) is 5.91 Å². The fourth-order valence-electron chi connectivity index (χ4n) is 3.31. The molecule has 1 amide bonds. The molecule has 2 unspecified atom stereocenters. The number of hydrogen-bond donors (Lipinski definition) is 1. The Bertz CT molecular complexity index is 579. The summed E-state index contributed by atoms with van der Waals surface area (Å²) in [4.78, 5) is 21.2. The summed E-state index contributed by atoms with van der Waals surface area (Å²) in [7, 11) is 0. The van der Waals surface area contributed by atoms with Crippen LogP contribution in [0.1, 0.15) is 41.7 Å². The van der Waals surface area contributed by atoms with Crippen LogP contribution < -0.4 is 0 Å². The van der Waals surface area contributed by atoms with Gasteiger partial charge in [0.05, 0.1) is 12.5 Å². The molecule has 0 saturated carbocycles. The van der Waals surface area contributed by atoms with E-state index in [1.54, 1.807) is 12.5 Å². The van der Waals surface area contributed by atoms with E-state index in [1.165, 1.54) is 5.56 Å². The number of hydrogen-bond acceptors (Lipinski definition) is 2. The summed E-state index contributed by atoms with van der Waals surface area (Å²) >= 11 is 0. The maximum absolute atomic E-state index is 12.4. The van der Waals surface area contributed by atoms with Gasteiger partial charge in [0.2, 0.25) is 0 Å². The van der Waals surface area contributed by atoms with E-state index < -0.39 is 0 Å². The molecule has 4 heteroatoms. The van der Waals surface area contributed by atoms with Gasteiger partial charge in [-0.05, 0) is 23.8 Å². The van der Waals surface area contributed by atoms with Crippen molar-refractivity contribution in [3.8, 4) is 0 Å². The zero-order valence-electron chi connectivity index (χ0n) is 12.3. The van der Waals surface area contributed by atoms with Crippen LogP contribution in [-0.2, 0) is 0 Å². The van der Waals surface area contributed by atoms with E-state index in [1.807, 2.05) is 4.90 Å². The third-order valence-corrected chi connectivity index (χ3v) is 4.50. The predicted octanol–water partition coefficient (Wildman–Crippen LogP) is 3.07. The predicted molar refractivity (Wildman–Crippen MR) is 82.1 cm³/mol. The molecular weight excluding hydrogens is 262 g/mol. The summed E-state index contributed by atoms with van der Waals surface area (Å²) in [5.41, 5.74) is 1.99. The van der Waals surface area contributed by atoms with Crippen molar-refractivity contribution in [3.05, 3.63) is 54.1 Å². The molecule has 1 aliphatic heterocycles. The van der Waals surface area contributed by atoms with Crippen LogP contribution >= 0.6 is 0 Å². The number of likely N-dealkylation sites (tertiary alicyclic amines) is 1. The second-order valence-corrected chi connectivity index (χ2v) is 5.69. The fraction of sp³-hybridized carbons (Fsp3) is 0.412. The number of imidazole rings is 1. The second-order valence-electron chi connectivity index (χ2n) is 5.69. The van der Waals surface area contributed by atoms with Gasteiger partial charge in [0, 0.05) is 13.1 Å². The first-order valence-electron chi connectivity index (χ1n) is 7.62. The first kappa shape index (κ1) is 13.9. The molecule has 1 aliphatic rings. The van der Waals surface area contributed by atoms with Crippen molar-refractivity contribution in [2.45, 2.75) is 25.7 Å². The Kier molecular flexibility index (Phi) is 4.04. The van der Waals surface area contributed by atoms with Gasteiger partial charge in [-0.15, -0.1) is 0 Å². The number of nitrogens with one attached hydrogen (secondary N) is 1. The summed E-state index contributed by atoms with van der Waals surface area (Å²) < 4.78 is 0. The maximum Gasteiger partial charge on any atom is 0.271 e. The van der Waals surface area contributed by atoms with E-state index in [0.717, 1.165) is 25.9 Å². The van der Waals surface area contributed by atoms with Crippen molar-refractivity contribution in [1.82, 2.24) is 14.9 Å². The van der Waals surface area contributed by atoms with Crippen LogP contribution in [0.5, 0.6) is 0 Å². The van der Waals surface area contributed by atoms with Crippen LogP contribution in [0.3, 0.4) is 0 Å². The molecule has 2 aromatic rings. The third kappa shape index (κ3) is 2.84. The smallest absolute Gasteiger partial charge is 0.271 e. The lowest BCUT2D eigenvalue weighted by Gasteiger charge is -2.38. The molecule has 2 heterocycles. The summed E-state index contributed by atoms with van der Waals surface area (Å²) in [6, 6.07) is 10.7. The number of rotatable bonds is 3. The van der Waals surface area contributed by atoms with Crippen LogP contribution in [0, 0.1) is 5.92 Å². The standard InChI is InChI=1S/C17H21N3O/c1-2-13-11-20(17(21)16-10-18-12-19-16)9-8-15(13)14-6-4-3-5-7-14/h3-7,10,12-13,15H,2,8-9,11H2,1H3,(H,18,19). The topological polar surface area (TPSA) is 49.0 Å². The molecule has 1 aromatic carbocycles. The Balaban J connectivity index is 1.73. The Morgan fingerprint density at radius 3 is 2.86 bits per heavy atom. The molecule has 1 aromatic heterocycles. The molecule has 4 nitrogen and oxygen atoms in total. The number of H-pyrrole nitrogens is 1. The zero-order valence-corrected chi connectivity index (χ0v) is 12.3. The molecule has 1 N–H and O–H groups in total. The highest BCUT2D eigenvalue weighted by Crippen LogP contribution is 2.35. The first-order chi connectivity index (χ1) is 10.3. The lowest BCUT2D eigenvalue weighted by Crippen LogP contribution is -2.43. The number of piperidine rings is 1. The molecule has 1 saturated heterocycles.